The number of aromatic nitrogens is 1. The van der Waals surface area contributed by atoms with Crippen LogP contribution in [0.25, 0.3) is 10.6 Å². The van der Waals surface area contributed by atoms with Crippen molar-refractivity contribution in [3.05, 3.63) is 36.0 Å². The van der Waals surface area contributed by atoms with Crippen LogP contribution in [0.2, 0.25) is 0 Å². The fraction of sp³-hybridized carbons (Fsp3) is 0.308. The van der Waals surface area contributed by atoms with Crippen molar-refractivity contribution >= 4 is 24.0 Å². The molecule has 0 fully saturated rings. The Morgan fingerprint density at radius 3 is 2.45 bits per heavy atom. The molecule has 0 amide bonds. The molecule has 0 aliphatic carbocycles. The molecule has 20 heavy (non-hydrogen) atoms. The zero-order chi connectivity index (χ0) is 14.8. The third-order valence-corrected chi connectivity index (χ3v) is 4.15. The summed E-state index contributed by atoms with van der Waals surface area (Å²) in [5.41, 5.74) is 1.30. The van der Waals surface area contributed by atoms with E-state index in [1.807, 2.05) is 30.3 Å². The average Bonchev–Trinajstić information content (AvgIpc) is 2.78. The SMILES string of the molecule is OC(CCC(O)(O)O)c1nc(-c2ccccc2)sc1S. The highest BCUT2D eigenvalue weighted by molar-refractivity contribution is 7.83. The summed E-state index contributed by atoms with van der Waals surface area (Å²) in [6.45, 7) is 0. The van der Waals surface area contributed by atoms with Crippen molar-refractivity contribution < 1.29 is 20.4 Å². The molecule has 0 saturated heterocycles. The Balaban J connectivity index is 2.15. The number of thiol groups is 1. The Morgan fingerprint density at radius 1 is 1.20 bits per heavy atom. The Kier molecular flexibility index (Phi) is 4.79. The van der Waals surface area contributed by atoms with Gasteiger partial charge in [-0.15, -0.1) is 24.0 Å². The Hall–Kier alpha value is -0.960. The highest BCUT2D eigenvalue weighted by atomic mass is 32.2. The monoisotopic (exact) mass is 313 g/mol. The van der Waals surface area contributed by atoms with Gasteiger partial charge in [0.25, 0.3) is 5.97 Å². The minimum absolute atomic E-state index is 0.0327. The first-order valence-corrected chi connectivity index (χ1v) is 7.23. The molecule has 0 aliphatic heterocycles. The van der Waals surface area contributed by atoms with Crippen molar-refractivity contribution in [2.45, 2.75) is 29.1 Å². The highest BCUT2D eigenvalue weighted by Gasteiger charge is 2.23. The first-order valence-electron chi connectivity index (χ1n) is 5.97. The number of hydrogen-bond acceptors (Lipinski definition) is 7. The van der Waals surface area contributed by atoms with Crippen molar-refractivity contribution in [3.63, 3.8) is 0 Å². The van der Waals surface area contributed by atoms with E-state index in [9.17, 15) is 5.11 Å². The Bertz CT molecular complexity index is 565. The Labute approximate surface area is 125 Å². The van der Waals surface area contributed by atoms with Gasteiger partial charge in [0.15, 0.2) is 0 Å². The molecule has 5 nitrogen and oxygen atoms in total. The van der Waals surface area contributed by atoms with E-state index in [2.05, 4.69) is 17.6 Å². The molecule has 108 valence electrons. The lowest BCUT2D eigenvalue weighted by Gasteiger charge is -2.15. The molecule has 2 rings (SSSR count). The van der Waals surface area contributed by atoms with Gasteiger partial charge in [0.1, 0.15) is 5.01 Å². The summed E-state index contributed by atoms with van der Waals surface area (Å²) in [6.07, 6.45) is -1.42. The summed E-state index contributed by atoms with van der Waals surface area (Å²) in [5.74, 6) is -2.78. The van der Waals surface area contributed by atoms with Crippen LogP contribution < -0.4 is 0 Å². The lowest BCUT2D eigenvalue weighted by atomic mass is 10.1. The number of aliphatic hydroxyl groups is 4. The summed E-state index contributed by atoms with van der Waals surface area (Å²) < 4.78 is 0.566. The van der Waals surface area contributed by atoms with Crippen LogP contribution in [0.5, 0.6) is 0 Å². The summed E-state index contributed by atoms with van der Waals surface area (Å²) in [5, 5.41) is 37.2. The number of hydrogen-bond donors (Lipinski definition) is 5. The minimum atomic E-state index is -2.78. The topological polar surface area (TPSA) is 93.8 Å². The molecule has 0 bridgehead atoms. The van der Waals surface area contributed by atoms with Gasteiger partial charge in [-0.2, -0.15) is 0 Å². The number of nitrogens with zero attached hydrogens (tertiary/aromatic N) is 1. The lowest BCUT2D eigenvalue weighted by Crippen LogP contribution is -2.27. The zero-order valence-corrected chi connectivity index (χ0v) is 12.2. The molecule has 4 N–H and O–H groups in total. The van der Waals surface area contributed by atoms with Gasteiger partial charge in [-0.05, 0) is 6.42 Å². The van der Waals surface area contributed by atoms with E-state index in [0.29, 0.717) is 9.90 Å². The van der Waals surface area contributed by atoms with Crippen molar-refractivity contribution in [1.82, 2.24) is 4.98 Å². The first-order chi connectivity index (χ1) is 9.37. The molecule has 1 atom stereocenters. The fourth-order valence-corrected chi connectivity index (χ4v) is 3.04. The van der Waals surface area contributed by atoms with Gasteiger partial charge in [0.2, 0.25) is 0 Å². The molecule has 0 spiro atoms. The van der Waals surface area contributed by atoms with E-state index in [1.54, 1.807) is 0 Å². The fourth-order valence-electron chi connectivity index (χ4n) is 1.71. The molecule has 1 aromatic carbocycles. The maximum atomic E-state index is 9.99. The molecular weight excluding hydrogens is 298 g/mol. The van der Waals surface area contributed by atoms with Crippen LogP contribution in [0, 0.1) is 0 Å². The molecule has 1 heterocycles. The summed E-state index contributed by atoms with van der Waals surface area (Å²) in [6, 6.07) is 9.49. The summed E-state index contributed by atoms with van der Waals surface area (Å²) >= 11 is 5.62. The van der Waals surface area contributed by atoms with Crippen molar-refractivity contribution in [1.29, 1.82) is 0 Å². The second-order valence-electron chi connectivity index (χ2n) is 4.40. The van der Waals surface area contributed by atoms with Gasteiger partial charge in [0.05, 0.1) is 16.0 Å². The van der Waals surface area contributed by atoms with Crippen LogP contribution in [-0.4, -0.2) is 31.4 Å². The molecule has 1 aromatic heterocycles. The normalized spacial score (nSPS) is 13.4. The van der Waals surface area contributed by atoms with E-state index in [1.165, 1.54) is 11.3 Å². The second kappa shape index (κ2) is 6.21. The third-order valence-electron chi connectivity index (χ3n) is 2.72. The highest BCUT2D eigenvalue weighted by Crippen LogP contribution is 2.35. The third kappa shape index (κ3) is 4.02. The number of thiazole rings is 1. The van der Waals surface area contributed by atoms with Gasteiger partial charge in [-0.1, -0.05) is 30.3 Å². The van der Waals surface area contributed by atoms with Gasteiger partial charge < -0.3 is 20.4 Å². The van der Waals surface area contributed by atoms with Crippen LogP contribution >= 0.6 is 24.0 Å². The van der Waals surface area contributed by atoms with E-state index in [0.717, 1.165) is 10.6 Å². The maximum absolute atomic E-state index is 9.99. The predicted molar refractivity (Wildman–Crippen MR) is 78.4 cm³/mol. The van der Waals surface area contributed by atoms with Crippen molar-refractivity contribution in [2.75, 3.05) is 0 Å². The smallest absolute Gasteiger partial charge is 0.275 e. The number of rotatable bonds is 5. The molecule has 7 heteroatoms. The first kappa shape index (κ1) is 15.4. The predicted octanol–water partition coefficient (Wildman–Crippen LogP) is 1.54. The summed E-state index contributed by atoms with van der Waals surface area (Å²) in [4.78, 5) is 4.33. The lowest BCUT2D eigenvalue weighted by molar-refractivity contribution is -0.316. The van der Waals surface area contributed by atoms with Gasteiger partial charge in [-0.3, -0.25) is 0 Å². The second-order valence-corrected chi connectivity index (χ2v) is 6.15. The molecular formula is C13H15NO4S2. The van der Waals surface area contributed by atoms with E-state index in [4.69, 9.17) is 15.3 Å². The largest absolute Gasteiger partial charge is 0.387 e. The molecule has 0 aliphatic rings. The van der Waals surface area contributed by atoms with Crippen LogP contribution in [0.3, 0.4) is 0 Å². The van der Waals surface area contributed by atoms with E-state index >= 15 is 0 Å². The average molecular weight is 313 g/mol. The maximum Gasteiger partial charge on any atom is 0.275 e. The van der Waals surface area contributed by atoms with Crippen molar-refractivity contribution in [2.24, 2.45) is 0 Å². The van der Waals surface area contributed by atoms with Crippen LogP contribution in [0.1, 0.15) is 24.6 Å². The molecule has 0 radical (unpaired) electrons. The standard InChI is InChI=1S/C13H15NO4S2/c15-9(6-7-13(16,17)18)10-12(19)20-11(14-10)8-4-2-1-3-5-8/h1-5,9,15-19H,6-7H2. The molecule has 0 saturated carbocycles. The van der Waals surface area contributed by atoms with Gasteiger partial charge in [0, 0.05) is 12.0 Å². The molecule has 1 unspecified atom stereocenters. The van der Waals surface area contributed by atoms with E-state index < -0.39 is 12.1 Å². The van der Waals surface area contributed by atoms with E-state index in [-0.39, 0.29) is 12.8 Å². The molecule has 2 aromatic rings. The van der Waals surface area contributed by atoms with Crippen LogP contribution in [-0.2, 0) is 0 Å². The number of aliphatic hydroxyl groups excluding tert-OH is 1. The zero-order valence-electron chi connectivity index (χ0n) is 10.5. The van der Waals surface area contributed by atoms with Crippen LogP contribution in [0.15, 0.2) is 34.5 Å². The quantitative estimate of drug-likeness (QED) is 0.426. The van der Waals surface area contributed by atoms with Crippen molar-refractivity contribution in [3.8, 4) is 10.6 Å². The van der Waals surface area contributed by atoms with Gasteiger partial charge in [-0.25, -0.2) is 4.98 Å². The van der Waals surface area contributed by atoms with Gasteiger partial charge >= 0.3 is 0 Å². The number of benzene rings is 1. The summed E-state index contributed by atoms with van der Waals surface area (Å²) in [7, 11) is 0. The van der Waals surface area contributed by atoms with Crippen LogP contribution in [0.4, 0.5) is 0 Å². The minimum Gasteiger partial charge on any atom is -0.387 e. The Morgan fingerprint density at radius 2 is 1.85 bits per heavy atom.